The Hall–Kier alpha value is -1.98. The Balaban J connectivity index is 1.40. The van der Waals surface area contributed by atoms with Gasteiger partial charge in [0.25, 0.3) is 0 Å². The number of piperidine rings is 1. The minimum absolute atomic E-state index is 0.160. The van der Waals surface area contributed by atoms with Gasteiger partial charge in [0.05, 0.1) is 7.11 Å². The highest BCUT2D eigenvalue weighted by Gasteiger charge is 2.20. The number of methoxy groups -OCH3 is 1. The monoisotopic (exact) mass is 388 g/mol. The molecule has 0 radical (unpaired) electrons. The molecule has 0 unspecified atom stereocenters. The van der Waals surface area contributed by atoms with Gasteiger partial charge in [0.15, 0.2) is 0 Å². The van der Waals surface area contributed by atoms with Crippen LogP contribution in [0.1, 0.15) is 24.0 Å². The van der Waals surface area contributed by atoms with Crippen molar-refractivity contribution < 1.29 is 13.5 Å². The van der Waals surface area contributed by atoms with Crippen LogP contribution >= 0.6 is 0 Å². The van der Waals surface area contributed by atoms with E-state index in [0.29, 0.717) is 23.8 Å². The summed E-state index contributed by atoms with van der Waals surface area (Å²) in [6.45, 7) is 4.71. The van der Waals surface area contributed by atoms with Crippen LogP contribution in [0.15, 0.2) is 42.5 Å². The fourth-order valence-corrected chi connectivity index (χ4v) is 3.95. The van der Waals surface area contributed by atoms with Gasteiger partial charge >= 0.3 is 0 Å². The van der Waals surface area contributed by atoms with Crippen molar-refractivity contribution in [1.82, 2.24) is 9.80 Å². The highest BCUT2D eigenvalue weighted by molar-refractivity contribution is 5.28. The van der Waals surface area contributed by atoms with Gasteiger partial charge < -0.3 is 14.5 Å². The van der Waals surface area contributed by atoms with Crippen LogP contribution in [0, 0.1) is 17.6 Å². The highest BCUT2D eigenvalue weighted by atomic mass is 19.1. The summed E-state index contributed by atoms with van der Waals surface area (Å²) < 4.78 is 32.5. The molecule has 0 aromatic heterocycles. The largest absolute Gasteiger partial charge is 0.497 e. The van der Waals surface area contributed by atoms with Gasteiger partial charge in [0.1, 0.15) is 17.4 Å². The van der Waals surface area contributed by atoms with Crippen molar-refractivity contribution in [3.8, 4) is 5.75 Å². The quantitative estimate of drug-likeness (QED) is 0.668. The van der Waals surface area contributed by atoms with Crippen molar-refractivity contribution in [3.63, 3.8) is 0 Å². The predicted molar refractivity (Wildman–Crippen MR) is 109 cm³/mol. The molecule has 0 spiro atoms. The lowest BCUT2D eigenvalue weighted by atomic mass is 9.95. The lowest BCUT2D eigenvalue weighted by molar-refractivity contribution is 0.153. The maximum absolute atomic E-state index is 14.1. The smallest absolute Gasteiger partial charge is 0.131 e. The molecule has 1 aliphatic heterocycles. The van der Waals surface area contributed by atoms with Crippen LogP contribution in [0.25, 0.3) is 0 Å². The maximum Gasteiger partial charge on any atom is 0.131 e. The number of likely N-dealkylation sites (tertiary alicyclic amines) is 1. The van der Waals surface area contributed by atoms with Crippen molar-refractivity contribution in [1.29, 1.82) is 0 Å². The second kappa shape index (κ2) is 9.99. The molecule has 2 aromatic rings. The van der Waals surface area contributed by atoms with Crippen LogP contribution in [-0.4, -0.2) is 50.1 Å². The summed E-state index contributed by atoms with van der Waals surface area (Å²) in [6, 6.07) is 11.9. The van der Waals surface area contributed by atoms with Crippen LogP contribution in [0.4, 0.5) is 8.78 Å². The van der Waals surface area contributed by atoms with E-state index in [0.717, 1.165) is 51.0 Å². The summed E-state index contributed by atoms with van der Waals surface area (Å²) >= 11 is 0. The van der Waals surface area contributed by atoms with Gasteiger partial charge in [-0.05, 0) is 69.1 Å². The molecule has 0 aliphatic carbocycles. The van der Waals surface area contributed by atoms with Gasteiger partial charge in [-0.2, -0.15) is 0 Å². The number of benzene rings is 2. The standard InChI is InChI=1S/C23H30F2N2O/c1-26(17-20-6-7-22(28-2)15-23(20)25)16-19-9-12-27(13-10-19)11-8-18-4-3-5-21(24)14-18/h3-7,14-15,19H,8-13,16-17H2,1-2H3. The molecule has 3 rings (SSSR count). The number of hydrogen-bond acceptors (Lipinski definition) is 3. The van der Waals surface area contributed by atoms with Crippen molar-refractivity contribution in [2.24, 2.45) is 5.92 Å². The third-order valence-corrected chi connectivity index (χ3v) is 5.58. The fourth-order valence-electron chi connectivity index (χ4n) is 3.95. The third-order valence-electron chi connectivity index (χ3n) is 5.58. The van der Waals surface area contributed by atoms with Gasteiger partial charge in [0.2, 0.25) is 0 Å². The Morgan fingerprint density at radius 1 is 1.11 bits per heavy atom. The molecule has 152 valence electrons. The first-order chi connectivity index (χ1) is 13.5. The van der Waals surface area contributed by atoms with Crippen LogP contribution in [0.2, 0.25) is 0 Å². The lowest BCUT2D eigenvalue weighted by Gasteiger charge is -2.34. The van der Waals surface area contributed by atoms with E-state index in [9.17, 15) is 8.78 Å². The summed E-state index contributed by atoms with van der Waals surface area (Å²) in [4.78, 5) is 4.67. The zero-order chi connectivity index (χ0) is 19.9. The summed E-state index contributed by atoms with van der Waals surface area (Å²) in [5.74, 6) is 0.817. The maximum atomic E-state index is 14.1. The van der Waals surface area contributed by atoms with Crippen LogP contribution in [0.3, 0.4) is 0 Å². The van der Waals surface area contributed by atoms with Crippen LogP contribution in [-0.2, 0) is 13.0 Å². The zero-order valence-corrected chi connectivity index (χ0v) is 16.8. The van der Waals surface area contributed by atoms with Crippen molar-refractivity contribution in [2.45, 2.75) is 25.8 Å². The molecule has 0 saturated carbocycles. The van der Waals surface area contributed by atoms with Crippen LogP contribution < -0.4 is 4.74 Å². The van der Waals surface area contributed by atoms with Crippen molar-refractivity contribution >= 4 is 0 Å². The Kier molecular flexibility index (Phi) is 7.40. The SMILES string of the molecule is COc1ccc(CN(C)CC2CCN(CCc3cccc(F)c3)CC2)c(F)c1. The number of halogens is 2. The van der Waals surface area contributed by atoms with E-state index in [2.05, 4.69) is 16.8 Å². The lowest BCUT2D eigenvalue weighted by Crippen LogP contribution is -2.38. The van der Waals surface area contributed by atoms with E-state index in [4.69, 9.17) is 4.74 Å². The second-order valence-corrected chi connectivity index (χ2v) is 7.82. The predicted octanol–water partition coefficient (Wildman–Crippen LogP) is 4.36. The summed E-state index contributed by atoms with van der Waals surface area (Å²) in [5, 5.41) is 0. The minimum atomic E-state index is -0.210. The first-order valence-corrected chi connectivity index (χ1v) is 10.0. The average molecular weight is 389 g/mol. The van der Waals surface area contributed by atoms with E-state index in [1.807, 2.05) is 12.1 Å². The Morgan fingerprint density at radius 2 is 1.89 bits per heavy atom. The van der Waals surface area contributed by atoms with Crippen molar-refractivity contribution in [3.05, 3.63) is 65.2 Å². The molecule has 3 nitrogen and oxygen atoms in total. The number of rotatable bonds is 8. The molecular weight excluding hydrogens is 358 g/mol. The second-order valence-electron chi connectivity index (χ2n) is 7.82. The molecule has 1 saturated heterocycles. The minimum Gasteiger partial charge on any atom is -0.497 e. The molecule has 1 aliphatic rings. The molecule has 0 atom stereocenters. The van der Waals surface area contributed by atoms with Gasteiger partial charge in [-0.25, -0.2) is 8.78 Å². The Labute approximate surface area is 166 Å². The zero-order valence-electron chi connectivity index (χ0n) is 16.8. The molecule has 0 N–H and O–H groups in total. The first-order valence-electron chi connectivity index (χ1n) is 10.0. The highest BCUT2D eigenvalue weighted by Crippen LogP contribution is 2.21. The summed E-state index contributed by atoms with van der Waals surface area (Å²) in [5.41, 5.74) is 1.76. The van der Waals surface area contributed by atoms with Gasteiger partial charge in [0, 0.05) is 31.3 Å². The topological polar surface area (TPSA) is 15.7 Å². The molecule has 5 heteroatoms. The van der Waals surface area contributed by atoms with E-state index < -0.39 is 0 Å². The molecule has 28 heavy (non-hydrogen) atoms. The molecule has 0 amide bonds. The molecule has 1 heterocycles. The summed E-state index contributed by atoms with van der Waals surface area (Å²) in [6.07, 6.45) is 3.19. The molecular formula is C23H30F2N2O. The molecule has 0 bridgehead atoms. The normalized spacial score (nSPS) is 15.9. The summed E-state index contributed by atoms with van der Waals surface area (Å²) in [7, 11) is 3.60. The van der Waals surface area contributed by atoms with Crippen LogP contribution in [0.5, 0.6) is 5.75 Å². The van der Waals surface area contributed by atoms with Gasteiger partial charge in [-0.15, -0.1) is 0 Å². The number of hydrogen-bond donors (Lipinski definition) is 0. The van der Waals surface area contributed by atoms with Crippen molar-refractivity contribution in [2.75, 3.05) is 40.3 Å². The van der Waals surface area contributed by atoms with E-state index in [1.165, 1.54) is 12.1 Å². The van der Waals surface area contributed by atoms with E-state index in [-0.39, 0.29) is 11.6 Å². The van der Waals surface area contributed by atoms with E-state index in [1.54, 1.807) is 25.3 Å². The Morgan fingerprint density at radius 3 is 2.57 bits per heavy atom. The first kappa shape index (κ1) is 20.7. The molecule has 2 aromatic carbocycles. The third kappa shape index (κ3) is 6.01. The van der Waals surface area contributed by atoms with E-state index >= 15 is 0 Å². The van der Waals surface area contributed by atoms with Gasteiger partial charge in [-0.1, -0.05) is 18.2 Å². The number of ether oxygens (including phenoxy) is 1. The molecule has 1 fully saturated rings. The number of nitrogens with zero attached hydrogens (tertiary/aromatic N) is 2. The fraction of sp³-hybridized carbons (Fsp3) is 0.478. The van der Waals surface area contributed by atoms with Gasteiger partial charge in [-0.3, -0.25) is 0 Å². The average Bonchev–Trinajstić information content (AvgIpc) is 2.69. The Bertz CT molecular complexity index is 760.